The summed E-state index contributed by atoms with van der Waals surface area (Å²) in [6, 6.07) is 9.27. The topological polar surface area (TPSA) is 69.9 Å². The standard InChI is InChI=1S/C17H16O4/c1-2-17(9-10-17)21-14-8-4-7-13(20)16(14)15-11(18)5-3-6-12(15)19/h2-8,18-20H,1,9-10H2. The van der Waals surface area contributed by atoms with Crippen molar-refractivity contribution in [1.82, 2.24) is 0 Å². The van der Waals surface area contributed by atoms with Crippen LogP contribution >= 0.6 is 0 Å². The van der Waals surface area contributed by atoms with Gasteiger partial charge in [-0.3, -0.25) is 0 Å². The first-order valence-electron chi connectivity index (χ1n) is 6.72. The lowest BCUT2D eigenvalue weighted by Gasteiger charge is -2.19. The monoisotopic (exact) mass is 284 g/mol. The third-order valence-electron chi connectivity index (χ3n) is 3.70. The lowest BCUT2D eigenvalue weighted by molar-refractivity contribution is 0.230. The molecule has 0 heterocycles. The molecule has 4 nitrogen and oxygen atoms in total. The summed E-state index contributed by atoms with van der Waals surface area (Å²) in [5, 5.41) is 30.2. The number of ether oxygens (including phenoxy) is 1. The molecule has 3 N–H and O–H groups in total. The van der Waals surface area contributed by atoms with E-state index in [9.17, 15) is 15.3 Å². The normalized spacial score (nSPS) is 15.4. The number of rotatable bonds is 4. The molecular weight excluding hydrogens is 268 g/mol. The van der Waals surface area contributed by atoms with Crippen LogP contribution in [0.15, 0.2) is 49.1 Å². The van der Waals surface area contributed by atoms with Gasteiger partial charge in [0.15, 0.2) is 0 Å². The van der Waals surface area contributed by atoms with Crippen LogP contribution < -0.4 is 4.74 Å². The maximum atomic E-state index is 10.2. The van der Waals surface area contributed by atoms with Gasteiger partial charge in [0.25, 0.3) is 0 Å². The van der Waals surface area contributed by atoms with E-state index in [1.807, 2.05) is 0 Å². The molecule has 0 saturated heterocycles. The molecule has 4 heteroatoms. The fourth-order valence-electron chi connectivity index (χ4n) is 2.33. The van der Waals surface area contributed by atoms with E-state index < -0.39 is 5.60 Å². The number of phenols is 3. The minimum absolute atomic E-state index is 0.0656. The van der Waals surface area contributed by atoms with E-state index in [1.165, 1.54) is 24.3 Å². The predicted molar refractivity (Wildman–Crippen MR) is 79.7 cm³/mol. The predicted octanol–water partition coefficient (Wildman–Crippen LogP) is 3.57. The van der Waals surface area contributed by atoms with Crippen LogP contribution in [0.1, 0.15) is 12.8 Å². The molecule has 2 aromatic rings. The Kier molecular flexibility index (Phi) is 3.01. The van der Waals surface area contributed by atoms with E-state index in [0.29, 0.717) is 5.75 Å². The van der Waals surface area contributed by atoms with Crippen molar-refractivity contribution < 1.29 is 20.1 Å². The molecule has 0 amide bonds. The Labute approximate surface area is 122 Å². The van der Waals surface area contributed by atoms with Gasteiger partial charge in [-0.1, -0.05) is 18.7 Å². The number of hydrogen-bond donors (Lipinski definition) is 3. The molecule has 21 heavy (non-hydrogen) atoms. The molecule has 0 unspecified atom stereocenters. The molecule has 1 aliphatic rings. The smallest absolute Gasteiger partial charge is 0.132 e. The maximum absolute atomic E-state index is 10.2. The Morgan fingerprint density at radius 2 is 1.43 bits per heavy atom. The highest BCUT2D eigenvalue weighted by atomic mass is 16.5. The molecule has 0 bridgehead atoms. The molecule has 0 spiro atoms. The Morgan fingerprint density at radius 3 is 1.95 bits per heavy atom. The van der Waals surface area contributed by atoms with Crippen molar-refractivity contribution in [3.63, 3.8) is 0 Å². The van der Waals surface area contributed by atoms with Crippen LogP contribution in [0.3, 0.4) is 0 Å². The molecule has 1 fully saturated rings. The van der Waals surface area contributed by atoms with Gasteiger partial charge in [-0.15, -0.1) is 0 Å². The van der Waals surface area contributed by atoms with Crippen molar-refractivity contribution in [3.05, 3.63) is 49.1 Å². The average Bonchev–Trinajstić information content (AvgIpc) is 3.22. The minimum Gasteiger partial charge on any atom is -0.507 e. The third kappa shape index (κ3) is 2.29. The van der Waals surface area contributed by atoms with E-state index in [4.69, 9.17) is 4.74 Å². The molecule has 3 rings (SSSR count). The molecule has 0 atom stereocenters. The highest BCUT2D eigenvalue weighted by molar-refractivity contribution is 5.84. The first-order valence-corrected chi connectivity index (χ1v) is 6.72. The largest absolute Gasteiger partial charge is 0.507 e. The van der Waals surface area contributed by atoms with Gasteiger partial charge < -0.3 is 20.1 Å². The van der Waals surface area contributed by atoms with E-state index in [0.717, 1.165) is 12.8 Å². The summed E-state index contributed by atoms with van der Waals surface area (Å²) in [7, 11) is 0. The van der Waals surface area contributed by atoms with E-state index in [1.54, 1.807) is 18.2 Å². The highest BCUT2D eigenvalue weighted by Crippen LogP contribution is 2.50. The summed E-state index contributed by atoms with van der Waals surface area (Å²) in [6.45, 7) is 3.76. The summed E-state index contributed by atoms with van der Waals surface area (Å²) in [6.07, 6.45) is 3.46. The highest BCUT2D eigenvalue weighted by Gasteiger charge is 2.43. The summed E-state index contributed by atoms with van der Waals surface area (Å²) < 4.78 is 5.94. The SMILES string of the molecule is C=CC1(Oc2cccc(O)c2-c2c(O)cccc2O)CC1. The molecular formula is C17H16O4. The van der Waals surface area contributed by atoms with Crippen LogP contribution in [0.4, 0.5) is 0 Å². The van der Waals surface area contributed by atoms with Crippen molar-refractivity contribution in [2.24, 2.45) is 0 Å². The Morgan fingerprint density at radius 1 is 0.905 bits per heavy atom. The van der Waals surface area contributed by atoms with Crippen LogP contribution in [0.2, 0.25) is 0 Å². The van der Waals surface area contributed by atoms with Crippen molar-refractivity contribution >= 4 is 0 Å². The maximum Gasteiger partial charge on any atom is 0.132 e. The fourth-order valence-corrected chi connectivity index (χ4v) is 2.33. The zero-order chi connectivity index (χ0) is 15.0. The number of benzene rings is 2. The fraction of sp³-hybridized carbons (Fsp3) is 0.176. The first-order chi connectivity index (χ1) is 10.1. The zero-order valence-electron chi connectivity index (χ0n) is 11.4. The van der Waals surface area contributed by atoms with Crippen LogP contribution in [-0.2, 0) is 0 Å². The van der Waals surface area contributed by atoms with Crippen LogP contribution in [0.25, 0.3) is 11.1 Å². The van der Waals surface area contributed by atoms with Gasteiger partial charge in [-0.2, -0.15) is 0 Å². The van der Waals surface area contributed by atoms with Gasteiger partial charge in [0.1, 0.15) is 28.6 Å². The van der Waals surface area contributed by atoms with E-state index in [-0.39, 0.29) is 28.4 Å². The molecule has 1 aliphatic carbocycles. The molecule has 0 aliphatic heterocycles. The Hall–Kier alpha value is -2.62. The van der Waals surface area contributed by atoms with Gasteiger partial charge in [0, 0.05) is 0 Å². The van der Waals surface area contributed by atoms with Crippen LogP contribution in [-0.4, -0.2) is 20.9 Å². The lowest BCUT2D eigenvalue weighted by Crippen LogP contribution is -2.14. The van der Waals surface area contributed by atoms with Gasteiger partial charge in [-0.25, -0.2) is 0 Å². The van der Waals surface area contributed by atoms with Crippen molar-refractivity contribution in [2.75, 3.05) is 0 Å². The second kappa shape index (κ2) is 4.74. The quantitative estimate of drug-likeness (QED) is 0.751. The minimum atomic E-state index is -0.414. The molecule has 0 aromatic heterocycles. The Balaban J connectivity index is 2.15. The van der Waals surface area contributed by atoms with Crippen molar-refractivity contribution in [3.8, 4) is 34.1 Å². The summed E-state index contributed by atoms with van der Waals surface area (Å²) >= 11 is 0. The van der Waals surface area contributed by atoms with Gasteiger partial charge >= 0.3 is 0 Å². The Bertz CT molecular complexity index is 682. The second-order valence-electron chi connectivity index (χ2n) is 5.19. The zero-order valence-corrected chi connectivity index (χ0v) is 11.4. The molecule has 0 radical (unpaired) electrons. The van der Waals surface area contributed by atoms with E-state index in [2.05, 4.69) is 6.58 Å². The lowest BCUT2D eigenvalue weighted by atomic mass is 10.0. The van der Waals surface area contributed by atoms with E-state index >= 15 is 0 Å². The van der Waals surface area contributed by atoms with Crippen molar-refractivity contribution in [1.29, 1.82) is 0 Å². The average molecular weight is 284 g/mol. The van der Waals surface area contributed by atoms with Crippen molar-refractivity contribution in [2.45, 2.75) is 18.4 Å². The van der Waals surface area contributed by atoms with Gasteiger partial charge in [-0.05, 0) is 43.2 Å². The third-order valence-corrected chi connectivity index (χ3v) is 3.70. The number of hydrogen-bond acceptors (Lipinski definition) is 4. The summed E-state index contributed by atoms with van der Waals surface area (Å²) in [5.41, 5.74) is 0.0226. The van der Waals surface area contributed by atoms with Crippen LogP contribution in [0, 0.1) is 0 Å². The van der Waals surface area contributed by atoms with Gasteiger partial charge in [0.05, 0.1) is 11.1 Å². The molecule has 2 aromatic carbocycles. The first kappa shape index (κ1) is 13.4. The summed E-state index contributed by atoms with van der Waals surface area (Å²) in [4.78, 5) is 0. The number of phenolic OH excluding ortho intramolecular Hbond substituents is 3. The molecule has 108 valence electrons. The van der Waals surface area contributed by atoms with Gasteiger partial charge in [0.2, 0.25) is 0 Å². The summed E-state index contributed by atoms with van der Waals surface area (Å²) in [5.74, 6) is 0.1000. The second-order valence-corrected chi connectivity index (χ2v) is 5.19. The van der Waals surface area contributed by atoms with Crippen LogP contribution in [0.5, 0.6) is 23.0 Å². The molecule has 1 saturated carbocycles. The number of aromatic hydroxyl groups is 3.